The van der Waals surface area contributed by atoms with Gasteiger partial charge in [0.05, 0.1) is 17.0 Å². The number of rotatable bonds is 9. The van der Waals surface area contributed by atoms with E-state index in [1.54, 1.807) is 12.1 Å². The first-order valence-corrected chi connectivity index (χ1v) is 13.4. The van der Waals surface area contributed by atoms with Crippen LogP contribution in [0.25, 0.3) is 28.3 Å². The molecule has 40 heavy (non-hydrogen) atoms. The van der Waals surface area contributed by atoms with Crippen molar-refractivity contribution in [3.8, 4) is 28.9 Å². The molecule has 0 fully saturated rings. The zero-order valence-electron chi connectivity index (χ0n) is 22.9. The van der Waals surface area contributed by atoms with Gasteiger partial charge < -0.3 is 18.9 Å². The average Bonchev–Trinajstić information content (AvgIpc) is 3.55. The van der Waals surface area contributed by atoms with E-state index in [9.17, 15) is 4.79 Å². The number of carbonyl (C=O) groups is 1. The monoisotopic (exact) mass is 558 g/mol. The maximum atomic E-state index is 12.0. The molecule has 0 amide bonds. The lowest BCUT2D eigenvalue weighted by molar-refractivity contribution is -0.155. The minimum Gasteiger partial charge on any atom is -0.460 e. The minimum absolute atomic E-state index is 0.190. The Morgan fingerprint density at radius 2 is 1.85 bits per heavy atom. The van der Waals surface area contributed by atoms with Gasteiger partial charge in [-0.1, -0.05) is 35.9 Å². The second-order valence-corrected chi connectivity index (χ2v) is 11.0. The number of benzene rings is 3. The maximum Gasteiger partial charge on any atom is 0.307 e. The van der Waals surface area contributed by atoms with Crippen LogP contribution in [-0.2, 0) is 16.1 Å². The highest BCUT2D eigenvalue weighted by atomic mass is 35.5. The third-order valence-corrected chi connectivity index (χ3v) is 6.40. The van der Waals surface area contributed by atoms with Crippen LogP contribution in [0.2, 0.25) is 5.02 Å². The van der Waals surface area contributed by atoms with Crippen molar-refractivity contribution >= 4 is 28.5 Å². The molecular weight excluding hydrogens is 528 g/mol. The quantitative estimate of drug-likeness (QED) is 0.176. The smallest absolute Gasteiger partial charge is 0.307 e. The molecular formula is C31H31ClN4O4. The summed E-state index contributed by atoms with van der Waals surface area (Å²) in [5.41, 5.74) is 2.32. The molecule has 0 atom stereocenters. The van der Waals surface area contributed by atoms with Gasteiger partial charge in [-0.25, -0.2) is 0 Å². The summed E-state index contributed by atoms with van der Waals surface area (Å²) in [6.07, 6.45) is 2.26. The number of para-hydroxylation sites is 1. The SMILES string of the molecule is CN(CCC(=O)OC(C)(C)C)Cc1ccc2c(ccn2-c2noc(-c3ccc(Oc4ccccc4)c(Cl)c3)n2)c1. The first-order chi connectivity index (χ1) is 19.1. The van der Waals surface area contributed by atoms with Crippen LogP contribution in [-0.4, -0.2) is 44.8 Å². The van der Waals surface area contributed by atoms with Gasteiger partial charge in [-0.05, 0) is 87.1 Å². The van der Waals surface area contributed by atoms with Gasteiger partial charge in [-0.15, -0.1) is 0 Å². The highest BCUT2D eigenvalue weighted by molar-refractivity contribution is 6.32. The van der Waals surface area contributed by atoms with Crippen molar-refractivity contribution in [2.75, 3.05) is 13.6 Å². The van der Waals surface area contributed by atoms with Crippen molar-refractivity contribution in [1.82, 2.24) is 19.6 Å². The molecule has 5 aromatic rings. The van der Waals surface area contributed by atoms with Crippen molar-refractivity contribution in [3.63, 3.8) is 0 Å². The standard InChI is InChI=1S/C31H31ClN4O4/c1-31(2,3)39-28(37)15-16-35(4)20-21-10-12-26-22(18-21)14-17-36(26)30-33-29(40-34-30)23-11-13-27(25(32)19-23)38-24-8-6-5-7-9-24/h5-14,17-19H,15-16,20H2,1-4H3. The van der Waals surface area contributed by atoms with Crippen LogP contribution in [0.3, 0.4) is 0 Å². The molecule has 0 aliphatic rings. The predicted octanol–water partition coefficient (Wildman–Crippen LogP) is 7.29. The van der Waals surface area contributed by atoms with E-state index in [0.717, 1.165) is 16.5 Å². The Morgan fingerprint density at radius 3 is 2.60 bits per heavy atom. The molecule has 0 bridgehead atoms. The van der Waals surface area contributed by atoms with Crippen molar-refractivity contribution < 1.29 is 18.8 Å². The molecule has 0 unspecified atom stereocenters. The van der Waals surface area contributed by atoms with E-state index in [1.807, 2.05) is 87.1 Å². The van der Waals surface area contributed by atoms with E-state index in [1.165, 1.54) is 0 Å². The Bertz CT molecular complexity index is 1620. The Kier molecular flexibility index (Phi) is 7.91. The van der Waals surface area contributed by atoms with E-state index in [2.05, 4.69) is 27.2 Å². The third kappa shape index (κ3) is 6.70. The van der Waals surface area contributed by atoms with E-state index < -0.39 is 5.60 Å². The minimum atomic E-state index is -0.470. The molecule has 9 heteroatoms. The fourth-order valence-corrected chi connectivity index (χ4v) is 4.51. The molecule has 0 saturated heterocycles. The predicted molar refractivity (Wildman–Crippen MR) is 155 cm³/mol. The molecule has 2 aromatic heterocycles. The van der Waals surface area contributed by atoms with Gasteiger partial charge in [0.1, 0.15) is 17.1 Å². The second kappa shape index (κ2) is 11.5. The maximum absolute atomic E-state index is 12.0. The fraction of sp³-hybridized carbons (Fsp3) is 0.258. The number of nitrogens with zero attached hydrogens (tertiary/aromatic N) is 4. The van der Waals surface area contributed by atoms with Gasteiger partial charge in [-0.2, -0.15) is 4.98 Å². The number of carbonyl (C=O) groups excluding carboxylic acids is 1. The molecule has 0 spiro atoms. The van der Waals surface area contributed by atoms with Gasteiger partial charge in [0.15, 0.2) is 0 Å². The number of halogens is 1. The van der Waals surface area contributed by atoms with Crippen LogP contribution in [0.5, 0.6) is 11.5 Å². The normalized spacial score (nSPS) is 11.8. The summed E-state index contributed by atoms with van der Waals surface area (Å²) >= 11 is 6.48. The highest BCUT2D eigenvalue weighted by Crippen LogP contribution is 2.33. The van der Waals surface area contributed by atoms with Crippen molar-refractivity contribution in [2.45, 2.75) is 39.3 Å². The number of fused-ring (bicyclic) bond motifs is 1. The van der Waals surface area contributed by atoms with Crippen LogP contribution in [0.15, 0.2) is 83.5 Å². The zero-order valence-corrected chi connectivity index (χ0v) is 23.7. The highest BCUT2D eigenvalue weighted by Gasteiger charge is 2.17. The van der Waals surface area contributed by atoms with Crippen LogP contribution in [0, 0.1) is 0 Å². The van der Waals surface area contributed by atoms with Crippen molar-refractivity contribution in [3.05, 3.63) is 89.6 Å². The fourth-order valence-electron chi connectivity index (χ4n) is 4.29. The molecule has 206 valence electrons. The summed E-state index contributed by atoms with van der Waals surface area (Å²) in [7, 11) is 1.99. The molecule has 5 rings (SSSR count). The molecule has 2 heterocycles. The van der Waals surface area contributed by atoms with Gasteiger partial charge in [0.2, 0.25) is 0 Å². The molecule has 0 aliphatic heterocycles. The van der Waals surface area contributed by atoms with Gasteiger partial charge in [0, 0.05) is 30.2 Å². The summed E-state index contributed by atoms with van der Waals surface area (Å²) in [6.45, 7) is 6.95. The summed E-state index contributed by atoms with van der Waals surface area (Å²) in [5, 5.41) is 5.68. The van der Waals surface area contributed by atoms with Crippen molar-refractivity contribution in [2.24, 2.45) is 0 Å². The lowest BCUT2D eigenvalue weighted by Gasteiger charge is -2.21. The molecule has 0 N–H and O–H groups in total. The van der Waals surface area contributed by atoms with E-state index in [-0.39, 0.29) is 5.97 Å². The van der Waals surface area contributed by atoms with E-state index in [4.69, 9.17) is 25.6 Å². The van der Waals surface area contributed by atoms with E-state index in [0.29, 0.717) is 53.4 Å². The lowest BCUT2D eigenvalue weighted by atomic mass is 10.1. The molecule has 3 aromatic carbocycles. The first kappa shape index (κ1) is 27.4. The topological polar surface area (TPSA) is 82.6 Å². The van der Waals surface area contributed by atoms with E-state index >= 15 is 0 Å². The summed E-state index contributed by atoms with van der Waals surface area (Å²) in [4.78, 5) is 18.7. The van der Waals surface area contributed by atoms with Crippen LogP contribution >= 0.6 is 11.6 Å². The van der Waals surface area contributed by atoms with Gasteiger partial charge in [-0.3, -0.25) is 9.36 Å². The Morgan fingerprint density at radius 1 is 1.05 bits per heavy atom. The largest absolute Gasteiger partial charge is 0.460 e. The van der Waals surface area contributed by atoms with Crippen LogP contribution in [0.1, 0.15) is 32.8 Å². The molecule has 8 nitrogen and oxygen atoms in total. The second-order valence-electron chi connectivity index (χ2n) is 10.6. The van der Waals surface area contributed by atoms with Crippen LogP contribution < -0.4 is 4.74 Å². The zero-order chi connectivity index (χ0) is 28.3. The Hall–Kier alpha value is -4.14. The average molecular weight is 559 g/mol. The lowest BCUT2D eigenvalue weighted by Crippen LogP contribution is -2.27. The summed E-state index contributed by atoms with van der Waals surface area (Å²) < 4.78 is 18.7. The number of hydrogen-bond donors (Lipinski definition) is 0. The summed E-state index contributed by atoms with van der Waals surface area (Å²) in [6, 6.07) is 23.1. The van der Waals surface area contributed by atoms with Gasteiger partial charge in [0.25, 0.3) is 11.8 Å². The Labute approximate surface area is 238 Å². The molecule has 0 aliphatic carbocycles. The summed E-state index contributed by atoms with van der Waals surface area (Å²) in [5.74, 6) is 1.83. The number of hydrogen-bond acceptors (Lipinski definition) is 7. The van der Waals surface area contributed by atoms with Gasteiger partial charge >= 0.3 is 5.97 Å². The van der Waals surface area contributed by atoms with Crippen LogP contribution in [0.4, 0.5) is 0 Å². The van der Waals surface area contributed by atoms with Crippen molar-refractivity contribution in [1.29, 1.82) is 0 Å². The molecule has 0 saturated carbocycles. The third-order valence-electron chi connectivity index (χ3n) is 6.11. The number of aromatic nitrogens is 3. The number of esters is 1. The molecule has 0 radical (unpaired) electrons. The first-order valence-electron chi connectivity index (χ1n) is 13.0. The number of ether oxygens (including phenoxy) is 2. The Balaban J connectivity index is 1.26.